The standard InChI is InChI=1S/C13H14N2O4/c1-8-14-10-4-9(2-3-11(10)19-8)15-12(17)13(5-16)6-18-7-13/h2-4,16H,5-7H2,1H3,(H,15,17). The van der Waals surface area contributed by atoms with Crippen molar-refractivity contribution in [1.29, 1.82) is 0 Å². The van der Waals surface area contributed by atoms with Gasteiger partial charge in [0, 0.05) is 12.6 Å². The van der Waals surface area contributed by atoms with Gasteiger partial charge >= 0.3 is 0 Å². The molecule has 1 aromatic carbocycles. The molecule has 0 spiro atoms. The Hall–Kier alpha value is -1.92. The average Bonchev–Trinajstić information content (AvgIpc) is 2.67. The average molecular weight is 262 g/mol. The van der Waals surface area contributed by atoms with Gasteiger partial charge < -0.3 is 19.6 Å². The number of rotatable bonds is 3. The van der Waals surface area contributed by atoms with Crippen molar-refractivity contribution in [3.8, 4) is 0 Å². The first-order valence-electron chi connectivity index (χ1n) is 6.00. The summed E-state index contributed by atoms with van der Waals surface area (Å²) in [6, 6.07) is 5.25. The van der Waals surface area contributed by atoms with Gasteiger partial charge in [-0.3, -0.25) is 4.79 Å². The Balaban J connectivity index is 1.82. The van der Waals surface area contributed by atoms with Crippen molar-refractivity contribution in [2.24, 2.45) is 5.41 Å². The largest absolute Gasteiger partial charge is 0.441 e. The molecule has 6 nitrogen and oxygen atoms in total. The van der Waals surface area contributed by atoms with Crippen molar-refractivity contribution in [2.45, 2.75) is 6.92 Å². The second-order valence-electron chi connectivity index (χ2n) is 4.80. The lowest BCUT2D eigenvalue weighted by molar-refractivity contribution is -0.164. The van der Waals surface area contributed by atoms with Crippen LogP contribution in [-0.2, 0) is 9.53 Å². The summed E-state index contributed by atoms with van der Waals surface area (Å²) < 4.78 is 10.4. The van der Waals surface area contributed by atoms with Gasteiger partial charge in [0.15, 0.2) is 11.5 Å². The molecule has 2 heterocycles. The van der Waals surface area contributed by atoms with E-state index in [1.807, 2.05) is 0 Å². The minimum atomic E-state index is -0.811. The third-order valence-corrected chi connectivity index (χ3v) is 3.29. The highest BCUT2D eigenvalue weighted by molar-refractivity contribution is 5.97. The monoisotopic (exact) mass is 262 g/mol. The van der Waals surface area contributed by atoms with Crippen LogP contribution in [0.2, 0.25) is 0 Å². The number of aromatic nitrogens is 1. The summed E-state index contributed by atoms with van der Waals surface area (Å²) in [7, 11) is 0. The van der Waals surface area contributed by atoms with Crippen LogP contribution in [0.5, 0.6) is 0 Å². The Morgan fingerprint density at radius 2 is 2.32 bits per heavy atom. The highest BCUT2D eigenvalue weighted by Gasteiger charge is 2.45. The first kappa shape index (κ1) is 12.1. The molecule has 0 radical (unpaired) electrons. The Kier molecular flexibility index (Phi) is 2.76. The predicted octanol–water partition coefficient (Wildman–Crippen LogP) is 1.08. The van der Waals surface area contributed by atoms with E-state index in [9.17, 15) is 9.90 Å². The highest BCUT2D eigenvalue weighted by Crippen LogP contribution is 2.29. The van der Waals surface area contributed by atoms with Crippen LogP contribution in [0.15, 0.2) is 22.6 Å². The van der Waals surface area contributed by atoms with Crippen LogP contribution in [0.3, 0.4) is 0 Å². The van der Waals surface area contributed by atoms with Crippen molar-refractivity contribution < 1.29 is 19.1 Å². The van der Waals surface area contributed by atoms with Crippen LogP contribution in [0.4, 0.5) is 5.69 Å². The minimum absolute atomic E-state index is 0.218. The molecule has 1 amide bonds. The van der Waals surface area contributed by atoms with E-state index in [1.165, 1.54) is 0 Å². The molecule has 0 aliphatic carbocycles. The van der Waals surface area contributed by atoms with Gasteiger partial charge in [-0.05, 0) is 18.2 Å². The van der Waals surface area contributed by atoms with Crippen LogP contribution in [0.1, 0.15) is 5.89 Å². The topological polar surface area (TPSA) is 84.6 Å². The van der Waals surface area contributed by atoms with E-state index in [2.05, 4.69) is 10.3 Å². The summed E-state index contributed by atoms with van der Waals surface area (Å²) in [5.41, 5.74) is 1.19. The van der Waals surface area contributed by atoms with Gasteiger partial charge in [0.1, 0.15) is 10.9 Å². The third kappa shape index (κ3) is 1.98. The van der Waals surface area contributed by atoms with E-state index in [-0.39, 0.29) is 25.7 Å². The normalized spacial score (nSPS) is 17.2. The van der Waals surface area contributed by atoms with Crippen LogP contribution < -0.4 is 5.32 Å². The van der Waals surface area contributed by atoms with Crippen molar-refractivity contribution in [3.63, 3.8) is 0 Å². The van der Waals surface area contributed by atoms with E-state index in [0.717, 1.165) is 0 Å². The number of carbonyl (C=O) groups is 1. The van der Waals surface area contributed by atoms with Crippen molar-refractivity contribution in [1.82, 2.24) is 4.98 Å². The number of hydrogen-bond donors (Lipinski definition) is 2. The second-order valence-corrected chi connectivity index (χ2v) is 4.80. The number of aliphatic hydroxyl groups is 1. The molecule has 19 heavy (non-hydrogen) atoms. The Labute approximate surface area is 109 Å². The number of fused-ring (bicyclic) bond motifs is 1. The molecule has 1 aromatic heterocycles. The molecule has 1 saturated heterocycles. The fourth-order valence-electron chi connectivity index (χ4n) is 2.03. The highest BCUT2D eigenvalue weighted by atomic mass is 16.5. The summed E-state index contributed by atoms with van der Waals surface area (Å²) >= 11 is 0. The Morgan fingerprint density at radius 1 is 1.53 bits per heavy atom. The van der Waals surface area contributed by atoms with E-state index < -0.39 is 5.41 Å². The molecule has 0 atom stereocenters. The molecule has 0 unspecified atom stereocenters. The number of carbonyl (C=O) groups excluding carboxylic acids is 1. The van der Waals surface area contributed by atoms with Gasteiger partial charge in [-0.1, -0.05) is 0 Å². The van der Waals surface area contributed by atoms with Crippen molar-refractivity contribution >= 4 is 22.7 Å². The lowest BCUT2D eigenvalue weighted by Crippen LogP contribution is -2.54. The maximum Gasteiger partial charge on any atom is 0.237 e. The predicted molar refractivity (Wildman–Crippen MR) is 67.7 cm³/mol. The van der Waals surface area contributed by atoms with Crippen LogP contribution in [0, 0.1) is 12.3 Å². The molecular weight excluding hydrogens is 248 g/mol. The van der Waals surface area contributed by atoms with E-state index in [0.29, 0.717) is 22.7 Å². The van der Waals surface area contributed by atoms with Gasteiger partial charge in [-0.15, -0.1) is 0 Å². The number of amides is 1. The number of nitrogens with zero attached hydrogens (tertiary/aromatic N) is 1. The maximum atomic E-state index is 12.1. The summed E-state index contributed by atoms with van der Waals surface area (Å²) in [6.07, 6.45) is 0. The number of benzene rings is 1. The number of ether oxygens (including phenoxy) is 1. The number of aliphatic hydroxyl groups excluding tert-OH is 1. The van der Waals surface area contributed by atoms with Gasteiger partial charge in [0.2, 0.25) is 5.91 Å². The van der Waals surface area contributed by atoms with Gasteiger partial charge in [0.05, 0.1) is 19.8 Å². The molecule has 2 N–H and O–H groups in total. The fraction of sp³-hybridized carbons (Fsp3) is 0.385. The smallest absolute Gasteiger partial charge is 0.237 e. The molecule has 1 aliphatic rings. The maximum absolute atomic E-state index is 12.1. The number of aryl methyl sites for hydroxylation is 1. The summed E-state index contributed by atoms with van der Waals surface area (Å²) in [6.45, 7) is 2.05. The molecular formula is C13H14N2O4. The summed E-state index contributed by atoms with van der Waals surface area (Å²) in [5, 5.41) is 12.1. The van der Waals surface area contributed by atoms with Crippen LogP contribution >= 0.6 is 0 Å². The first-order valence-corrected chi connectivity index (χ1v) is 6.00. The summed E-state index contributed by atoms with van der Waals surface area (Å²) in [5.74, 6) is 0.346. The lowest BCUT2D eigenvalue weighted by atomic mass is 9.86. The van der Waals surface area contributed by atoms with E-state index in [4.69, 9.17) is 9.15 Å². The van der Waals surface area contributed by atoms with Crippen molar-refractivity contribution in [3.05, 3.63) is 24.1 Å². The molecule has 0 bridgehead atoms. The van der Waals surface area contributed by atoms with Gasteiger partial charge in [0.25, 0.3) is 0 Å². The molecule has 3 rings (SSSR count). The molecule has 1 fully saturated rings. The molecule has 2 aromatic rings. The SMILES string of the molecule is Cc1nc2cc(NC(=O)C3(CO)COC3)ccc2o1. The van der Waals surface area contributed by atoms with Gasteiger partial charge in [-0.2, -0.15) is 0 Å². The van der Waals surface area contributed by atoms with Gasteiger partial charge in [-0.25, -0.2) is 4.98 Å². The number of oxazole rings is 1. The third-order valence-electron chi connectivity index (χ3n) is 3.29. The number of anilines is 1. The molecule has 0 saturated carbocycles. The zero-order valence-electron chi connectivity index (χ0n) is 10.5. The summed E-state index contributed by atoms with van der Waals surface area (Å²) in [4.78, 5) is 16.3. The molecule has 100 valence electrons. The zero-order chi connectivity index (χ0) is 13.5. The Morgan fingerprint density at radius 3 is 2.95 bits per heavy atom. The van der Waals surface area contributed by atoms with Crippen LogP contribution in [0.25, 0.3) is 11.1 Å². The van der Waals surface area contributed by atoms with Crippen molar-refractivity contribution in [2.75, 3.05) is 25.1 Å². The molecule has 6 heteroatoms. The van der Waals surface area contributed by atoms with E-state index in [1.54, 1.807) is 25.1 Å². The number of hydrogen-bond acceptors (Lipinski definition) is 5. The fourth-order valence-corrected chi connectivity index (χ4v) is 2.03. The first-order chi connectivity index (χ1) is 9.13. The number of nitrogens with one attached hydrogen (secondary N) is 1. The lowest BCUT2D eigenvalue weighted by Gasteiger charge is -2.37. The van der Waals surface area contributed by atoms with Crippen LogP contribution in [-0.4, -0.2) is 35.8 Å². The zero-order valence-corrected chi connectivity index (χ0v) is 10.5. The van der Waals surface area contributed by atoms with E-state index >= 15 is 0 Å². The molecule has 1 aliphatic heterocycles. The second kappa shape index (κ2) is 4.32. The quantitative estimate of drug-likeness (QED) is 0.864. The minimum Gasteiger partial charge on any atom is -0.441 e. The Bertz CT molecular complexity index is 625.